The largest absolute Gasteiger partial charge is 0.497 e. The maximum atomic E-state index is 8.93. The van der Waals surface area contributed by atoms with Crippen LogP contribution in [0.5, 0.6) is 11.5 Å². The van der Waals surface area contributed by atoms with E-state index in [0.717, 1.165) is 5.56 Å². The predicted octanol–water partition coefficient (Wildman–Crippen LogP) is 1.49. The van der Waals surface area contributed by atoms with E-state index in [9.17, 15) is 0 Å². The number of ether oxygens (including phenoxy) is 2. The molecule has 0 aliphatic heterocycles. The summed E-state index contributed by atoms with van der Waals surface area (Å²) in [4.78, 5) is 0. The molecule has 1 aromatic rings. The predicted molar refractivity (Wildman–Crippen MR) is 57.0 cm³/mol. The van der Waals surface area contributed by atoms with Crippen LogP contribution in [0.2, 0.25) is 0 Å². The molecule has 0 bridgehead atoms. The van der Waals surface area contributed by atoms with Crippen molar-refractivity contribution in [2.24, 2.45) is 0 Å². The van der Waals surface area contributed by atoms with Crippen molar-refractivity contribution in [2.45, 2.75) is 6.04 Å². The molecule has 0 aliphatic rings. The Bertz CT molecular complexity index is 371. The maximum Gasteiger partial charge on any atom is 0.128 e. The average molecular weight is 206 g/mol. The van der Waals surface area contributed by atoms with Crippen LogP contribution in [0, 0.1) is 11.3 Å². The molecule has 0 spiro atoms. The fraction of sp³-hybridized carbons (Fsp3) is 0.364. The maximum absolute atomic E-state index is 8.93. The first-order valence-electron chi connectivity index (χ1n) is 4.55. The molecule has 0 heterocycles. The van der Waals surface area contributed by atoms with Gasteiger partial charge in [-0.25, -0.2) is 0 Å². The van der Waals surface area contributed by atoms with Gasteiger partial charge >= 0.3 is 0 Å². The molecule has 15 heavy (non-hydrogen) atoms. The highest BCUT2D eigenvalue weighted by atomic mass is 16.5. The lowest BCUT2D eigenvalue weighted by atomic mass is 10.1. The summed E-state index contributed by atoms with van der Waals surface area (Å²) in [7, 11) is 4.90. The van der Waals surface area contributed by atoms with Gasteiger partial charge in [0.1, 0.15) is 17.5 Å². The molecule has 4 heteroatoms. The second kappa shape index (κ2) is 5.23. The van der Waals surface area contributed by atoms with Gasteiger partial charge in [-0.1, -0.05) is 0 Å². The van der Waals surface area contributed by atoms with Gasteiger partial charge in [0.05, 0.1) is 20.3 Å². The van der Waals surface area contributed by atoms with E-state index in [0.29, 0.717) is 11.5 Å². The number of nitrogens with one attached hydrogen (secondary N) is 1. The molecule has 0 aliphatic carbocycles. The van der Waals surface area contributed by atoms with Gasteiger partial charge in [0, 0.05) is 11.6 Å². The molecule has 80 valence electrons. The molecule has 0 fully saturated rings. The molecule has 0 radical (unpaired) electrons. The van der Waals surface area contributed by atoms with E-state index in [1.807, 2.05) is 6.07 Å². The van der Waals surface area contributed by atoms with Crippen LogP contribution >= 0.6 is 0 Å². The number of nitriles is 1. The highest BCUT2D eigenvalue weighted by molar-refractivity contribution is 5.44. The van der Waals surface area contributed by atoms with Crippen molar-refractivity contribution in [2.75, 3.05) is 21.3 Å². The second-order valence-electron chi connectivity index (χ2n) is 2.96. The Morgan fingerprint density at radius 3 is 2.53 bits per heavy atom. The first-order chi connectivity index (χ1) is 7.26. The summed E-state index contributed by atoms with van der Waals surface area (Å²) in [5, 5.41) is 11.8. The quantitative estimate of drug-likeness (QED) is 0.810. The standard InChI is InChI=1S/C11H14N2O2/c1-13-10(7-12)9-5-4-8(14-2)6-11(9)15-3/h4-6,10,13H,1-3H3. The zero-order valence-corrected chi connectivity index (χ0v) is 9.07. The minimum absolute atomic E-state index is 0.370. The van der Waals surface area contributed by atoms with Crippen LogP contribution in [-0.4, -0.2) is 21.3 Å². The molecule has 1 aromatic carbocycles. The fourth-order valence-corrected chi connectivity index (χ4v) is 1.35. The average Bonchev–Trinajstić information content (AvgIpc) is 2.31. The van der Waals surface area contributed by atoms with E-state index in [4.69, 9.17) is 14.7 Å². The first kappa shape index (κ1) is 11.3. The second-order valence-corrected chi connectivity index (χ2v) is 2.96. The highest BCUT2D eigenvalue weighted by Gasteiger charge is 2.13. The molecule has 0 saturated heterocycles. The SMILES string of the molecule is CNC(C#N)c1ccc(OC)cc1OC. The van der Waals surface area contributed by atoms with Gasteiger partial charge in [0.2, 0.25) is 0 Å². The van der Waals surface area contributed by atoms with Crippen LogP contribution in [0.25, 0.3) is 0 Å². The van der Waals surface area contributed by atoms with Crippen molar-refractivity contribution in [3.63, 3.8) is 0 Å². The van der Waals surface area contributed by atoms with Crippen LogP contribution < -0.4 is 14.8 Å². The number of rotatable bonds is 4. The Balaban J connectivity index is 3.13. The van der Waals surface area contributed by atoms with Gasteiger partial charge in [-0.2, -0.15) is 5.26 Å². The summed E-state index contributed by atoms with van der Waals surface area (Å²) >= 11 is 0. The Morgan fingerprint density at radius 1 is 1.33 bits per heavy atom. The van der Waals surface area contributed by atoms with Gasteiger partial charge < -0.3 is 14.8 Å². The highest BCUT2D eigenvalue weighted by Crippen LogP contribution is 2.28. The van der Waals surface area contributed by atoms with E-state index in [2.05, 4.69) is 11.4 Å². The van der Waals surface area contributed by atoms with E-state index >= 15 is 0 Å². The third kappa shape index (κ3) is 2.39. The molecule has 1 rings (SSSR count). The zero-order chi connectivity index (χ0) is 11.3. The monoisotopic (exact) mass is 206 g/mol. The minimum Gasteiger partial charge on any atom is -0.497 e. The van der Waals surface area contributed by atoms with Crippen molar-refractivity contribution in [3.05, 3.63) is 23.8 Å². The Morgan fingerprint density at radius 2 is 2.07 bits per heavy atom. The minimum atomic E-state index is -0.370. The zero-order valence-electron chi connectivity index (χ0n) is 9.07. The number of benzene rings is 1. The molecule has 0 amide bonds. The molecule has 0 aromatic heterocycles. The van der Waals surface area contributed by atoms with Crippen LogP contribution in [0.4, 0.5) is 0 Å². The third-order valence-corrected chi connectivity index (χ3v) is 2.17. The van der Waals surface area contributed by atoms with Crippen LogP contribution in [0.15, 0.2) is 18.2 Å². The van der Waals surface area contributed by atoms with Crippen molar-refractivity contribution in [1.29, 1.82) is 5.26 Å². The topological polar surface area (TPSA) is 54.3 Å². The molecule has 1 N–H and O–H groups in total. The number of hydrogen-bond donors (Lipinski definition) is 1. The van der Waals surface area contributed by atoms with Gasteiger partial charge in [-0.15, -0.1) is 0 Å². The molecule has 1 unspecified atom stereocenters. The number of hydrogen-bond acceptors (Lipinski definition) is 4. The summed E-state index contributed by atoms with van der Waals surface area (Å²) in [5.74, 6) is 1.36. The summed E-state index contributed by atoms with van der Waals surface area (Å²) in [6, 6.07) is 7.17. The number of methoxy groups -OCH3 is 2. The molecule has 4 nitrogen and oxygen atoms in total. The van der Waals surface area contributed by atoms with Gasteiger partial charge in [0.25, 0.3) is 0 Å². The number of nitrogens with zero attached hydrogens (tertiary/aromatic N) is 1. The Hall–Kier alpha value is -1.73. The Kier molecular flexibility index (Phi) is 3.95. The third-order valence-electron chi connectivity index (χ3n) is 2.17. The molecular formula is C11H14N2O2. The van der Waals surface area contributed by atoms with Crippen LogP contribution in [0.1, 0.15) is 11.6 Å². The van der Waals surface area contributed by atoms with Crippen molar-refractivity contribution >= 4 is 0 Å². The summed E-state index contributed by atoms with van der Waals surface area (Å²) in [5.41, 5.74) is 0.809. The van der Waals surface area contributed by atoms with Crippen molar-refractivity contribution < 1.29 is 9.47 Å². The van der Waals surface area contributed by atoms with E-state index in [1.54, 1.807) is 33.4 Å². The molecular weight excluding hydrogens is 192 g/mol. The van der Waals surface area contributed by atoms with Crippen molar-refractivity contribution in [3.8, 4) is 17.6 Å². The lowest BCUT2D eigenvalue weighted by Gasteiger charge is -2.13. The fourth-order valence-electron chi connectivity index (χ4n) is 1.35. The normalized spacial score (nSPS) is 11.6. The summed E-state index contributed by atoms with van der Waals surface area (Å²) in [6.45, 7) is 0. The van der Waals surface area contributed by atoms with Gasteiger partial charge in [-0.05, 0) is 19.2 Å². The molecule has 0 saturated carbocycles. The Labute approximate surface area is 89.4 Å². The van der Waals surface area contributed by atoms with E-state index < -0.39 is 0 Å². The van der Waals surface area contributed by atoms with Gasteiger partial charge in [-0.3, -0.25) is 0 Å². The molecule has 1 atom stereocenters. The lowest BCUT2D eigenvalue weighted by molar-refractivity contribution is 0.389. The smallest absolute Gasteiger partial charge is 0.128 e. The first-order valence-corrected chi connectivity index (χ1v) is 4.55. The van der Waals surface area contributed by atoms with Crippen molar-refractivity contribution in [1.82, 2.24) is 5.32 Å². The van der Waals surface area contributed by atoms with Crippen LogP contribution in [0.3, 0.4) is 0 Å². The van der Waals surface area contributed by atoms with E-state index in [-0.39, 0.29) is 6.04 Å². The van der Waals surface area contributed by atoms with Gasteiger partial charge in [0.15, 0.2) is 0 Å². The lowest BCUT2D eigenvalue weighted by Crippen LogP contribution is -2.15. The van der Waals surface area contributed by atoms with Crippen LogP contribution in [-0.2, 0) is 0 Å². The van der Waals surface area contributed by atoms with E-state index in [1.165, 1.54) is 0 Å². The summed E-state index contributed by atoms with van der Waals surface area (Å²) in [6.07, 6.45) is 0. The summed E-state index contributed by atoms with van der Waals surface area (Å²) < 4.78 is 10.3.